The van der Waals surface area contributed by atoms with Gasteiger partial charge < -0.3 is 0 Å². The summed E-state index contributed by atoms with van der Waals surface area (Å²) in [6.45, 7) is 3.65. The number of benzene rings is 1. The van der Waals surface area contributed by atoms with Crippen molar-refractivity contribution in [1.29, 1.82) is 0 Å². The Labute approximate surface area is 98.4 Å². The summed E-state index contributed by atoms with van der Waals surface area (Å²) >= 11 is 3.47. The van der Waals surface area contributed by atoms with Crippen LogP contribution in [0.3, 0.4) is 0 Å². The number of rotatable bonds is 2. The molecule has 80 valence electrons. The lowest BCUT2D eigenvalue weighted by atomic mass is 10.1. The highest BCUT2D eigenvalue weighted by atomic mass is 79.9. The van der Waals surface area contributed by atoms with E-state index < -0.39 is 0 Å². The Morgan fingerprint density at radius 1 is 1.47 bits per heavy atom. The molecule has 0 bridgehead atoms. The molecule has 1 fully saturated rings. The van der Waals surface area contributed by atoms with Crippen molar-refractivity contribution in [1.82, 2.24) is 4.90 Å². The van der Waals surface area contributed by atoms with Crippen LogP contribution in [-0.4, -0.2) is 23.8 Å². The summed E-state index contributed by atoms with van der Waals surface area (Å²) in [5.41, 5.74) is 1.26. The van der Waals surface area contributed by atoms with Gasteiger partial charge in [-0.25, -0.2) is 0 Å². The maximum Gasteiger partial charge on any atom is 0.148 e. The summed E-state index contributed by atoms with van der Waals surface area (Å²) in [6.07, 6.45) is 0.707. The van der Waals surface area contributed by atoms with Gasteiger partial charge in [-0.15, -0.1) is 0 Å². The fraction of sp³-hybridized carbons (Fsp3) is 0.417. The first-order valence-electron chi connectivity index (χ1n) is 5.18. The van der Waals surface area contributed by atoms with Crippen LogP contribution < -0.4 is 0 Å². The van der Waals surface area contributed by atoms with Gasteiger partial charge >= 0.3 is 0 Å². The van der Waals surface area contributed by atoms with Crippen LogP contribution in [0.15, 0.2) is 28.7 Å². The summed E-state index contributed by atoms with van der Waals surface area (Å²) in [5.74, 6) is 0.358. The van der Waals surface area contributed by atoms with Crippen molar-refractivity contribution < 1.29 is 4.79 Å². The number of ketones is 1. The third-order valence-electron chi connectivity index (χ3n) is 2.94. The van der Waals surface area contributed by atoms with Crippen LogP contribution >= 0.6 is 15.9 Å². The van der Waals surface area contributed by atoms with E-state index in [9.17, 15) is 4.79 Å². The molecule has 1 saturated heterocycles. The average Bonchev–Trinajstić information content (AvgIpc) is 2.64. The Morgan fingerprint density at radius 2 is 2.27 bits per heavy atom. The van der Waals surface area contributed by atoms with Gasteiger partial charge in [-0.2, -0.15) is 0 Å². The normalized spacial score (nSPS) is 19.5. The van der Waals surface area contributed by atoms with Crippen molar-refractivity contribution in [3.63, 3.8) is 0 Å². The van der Waals surface area contributed by atoms with E-state index in [1.165, 1.54) is 5.56 Å². The number of likely N-dealkylation sites (tertiary alicyclic amines) is 1. The van der Waals surface area contributed by atoms with E-state index in [0.29, 0.717) is 24.8 Å². The Balaban J connectivity index is 2.13. The molecule has 0 N–H and O–H groups in total. The average molecular weight is 268 g/mol. The minimum atomic E-state index is 0.328. The molecular formula is C12H14BrNO. The fourth-order valence-electron chi connectivity index (χ4n) is 1.96. The molecule has 1 aromatic carbocycles. The Kier molecular flexibility index (Phi) is 3.22. The van der Waals surface area contributed by atoms with E-state index >= 15 is 0 Å². The quantitative estimate of drug-likeness (QED) is 0.822. The maximum atomic E-state index is 11.2. The van der Waals surface area contributed by atoms with Gasteiger partial charge in [0, 0.05) is 23.5 Å². The summed E-state index contributed by atoms with van der Waals surface area (Å²) in [5, 5.41) is 0. The zero-order valence-electron chi connectivity index (χ0n) is 8.74. The predicted octanol–water partition coefficient (Wildman–Crippen LogP) is 2.78. The predicted molar refractivity (Wildman–Crippen MR) is 63.8 cm³/mol. The van der Waals surface area contributed by atoms with E-state index in [2.05, 4.69) is 39.9 Å². The molecule has 2 nitrogen and oxygen atoms in total. The van der Waals surface area contributed by atoms with Gasteiger partial charge in [0.1, 0.15) is 5.78 Å². The summed E-state index contributed by atoms with van der Waals surface area (Å²) < 4.78 is 1.09. The molecular weight excluding hydrogens is 254 g/mol. The number of hydrogen-bond donors (Lipinski definition) is 0. The number of hydrogen-bond acceptors (Lipinski definition) is 2. The number of nitrogens with zero attached hydrogens (tertiary/aromatic N) is 1. The second-order valence-electron chi connectivity index (χ2n) is 3.99. The van der Waals surface area contributed by atoms with Crippen LogP contribution in [0.25, 0.3) is 0 Å². The van der Waals surface area contributed by atoms with Gasteiger partial charge in [0.25, 0.3) is 0 Å². The molecule has 1 aliphatic rings. The Hall–Kier alpha value is -0.670. The minimum Gasteiger partial charge on any atom is -0.298 e. The lowest BCUT2D eigenvalue weighted by Crippen LogP contribution is -2.24. The molecule has 0 aromatic heterocycles. The lowest BCUT2D eigenvalue weighted by molar-refractivity contribution is -0.117. The summed E-state index contributed by atoms with van der Waals surface area (Å²) in [4.78, 5) is 13.4. The van der Waals surface area contributed by atoms with Gasteiger partial charge in [-0.3, -0.25) is 9.69 Å². The molecule has 1 unspecified atom stereocenters. The molecule has 3 heteroatoms. The molecule has 1 heterocycles. The van der Waals surface area contributed by atoms with E-state index in [-0.39, 0.29) is 0 Å². The lowest BCUT2D eigenvalue weighted by Gasteiger charge is -2.23. The van der Waals surface area contributed by atoms with Crippen LogP contribution in [0, 0.1) is 0 Å². The van der Waals surface area contributed by atoms with Crippen molar-refractivity contribution in [2.75, 3.05) is 13.1 Å². The molecule has 0 saturated carbocycles. The number of Topliss-reactive ketones (excluding diaryl/α,β-unsaturated/α-hetero) is 1. The molecule has 2 rings (SSSR count). The fourth-order valence-corrected chi connectivity index (χ4v) is 2.38. The zero-order chi connectivity index (χ0) is 10.8. The van der Waals surface area contributed by atoms with Crippen molar-refractivity contribution in [3.8, 4) is 0 Å². The third-order valence-corrected chi connectivity index (χ3v) is 3.43. The number of carbonyl (C=O) groups excluding carboxylic acids is 1. The SMILES string of the molecule is CC(c1cccc(Br)c1)N1CCC(=O)C1. The maximum absolute atomic E-state index is 11.2. The van der Waals surface area contributed by atoms with Gasteiger partial charge in [-0.05, 0) is 24.6 Å². The van der Waals surface area contributed by atoms with Crippen LogP contribution in [0.5, 0.6) is 0 Å². The van der Waals surface area contributed by atoms with E-state index in [1.54, 1.807) is 0 Å². The Morgan fingerprint density at radius 3 is 2.87 bits per heavy atom. The van der Waals surface area contributed by atoms with Gasteiger partial charge in [0.05, 0.1) is 6.54 Å². The highest BCUT2D eigenvalue weighted by Gasteiger charge is 2.24. The number of halogens is 1. The first kappa shape index (κ1) is 10.8. The highest BCUT2D eigenvalue weighted by Crippen LogP contribution is 2.25. The minimum absolute atomic E-state index is 0.328. The van der Waals surface area contributed by atoms with Crippen LogP contribution in [-0.2, 0) is 4.79 Å². The van der Waals surface area contributed by atoms with Crippen molar-refractivity contribution in [2.45, 2.75) is 19.4 Å². The monoisotopic (exact) mass is 267 g/mol. The summed E-state index contributed by atoms with van der Waals surface area (Å²) in [6, 6.07) is 8.61. The van der Waals surface area contributed by atoms with Gasteiger partial charge in [0.15, 0.2) is 0 Å². The Bertz CT molecular complexity index is 378. The van der Waals surface area contributed by atoms with E-state index in [4.69, 9.17) is 0 Å². The van der Waals surface area contributed by atoms with Crippen LogP contribution in [0.4, 0.5) is 0 Å². The molecule has 0 spiro atoms. The first-order chi connectivity index (χ1) is 7.16. The number of carbonyl (C=O) groups is 1. The highest BCUT2D eigenvalue weighted by molar-refractivity contribution is 9.10. The second kappa shape index (κ2) is 4.45. The van der Waals surface area contributed by atoms with Crippen molar-refractivity contribution >= 4 is 21.7 Å². The van der Waals surface area contributed by atoms with Crippen LogP contribution in [0.1, 0.15) is 24.9 Å². The second-order valence-corrected chi connectivity index (χ2v) is 4.91. The van der Waals surface area contributed by atoms with E-state index in [0.717, 1.165) is 11.0 Å². The standard InChI is InChI=1S/C12H14BrNO/c1-9(14-6-5-12(15)8-14)10-3-2-4-11(13)7-10/h2-4,7,9H,5-6,8H2,1H3. The molecule has 0 amide bonds. The first-order valence-corrected chi connectivity index (χ1v) is 5.97. The zero-order valence-corrected chi connectivity index (χ0v) is 10.3. The molecule has 0 radical (unpaired) electrons. The summed E-state index contributed by atoms with van der Waals surface area (Å²) in [7, 11) is 0. The van der Waals surface area contributed by atoms with Gasteiger partial charge in [-0.1, -0.05) is 28.1 Å². The molecule has 1 aliphatic heterocycles. The smallest absolute Gasteiger partial charge is 0.148 e. The largest absolute Gasteiger partial charge is 0.298 e. The molecule has 15 heavy (non-hydrogen) atoms. The molecule has 0 aliphatic carbocycles. The van der Waals surface area contributed by atoms with Crippen molar-refractivity contribution in [2.24, 2.45) is 0 Å². The van der Waals surface area contributed by atoms with Gasteiger partial charge in [0.2, 0.25) is 0 Å². The topological polar surface area (TPSA) is 20.3 Å². The third kappa shape index (κ3) is 2.47. The molecule has 1 aromatic rings. The van der Waals surface area contributed by atoms with Crippen molar-refractivity contribution in [3.05, 3.63) is 34.3 Å². The van der Waals surface area contributed by atoms with E-state index in [1.807, 2.05) is 12.1 Å². The van der Waals surface area contributed by atoms with Crippen LogP contribution in [0.2, 0.25) is 0 Å². The molecule has 1 atom stereocenters.